The number of carbonyl (C=O) groups excluding carboxylic acids is 2. The summed E-state index contributed by atoms with van der Waals surface area (Å²) >= 11 is 0. The first-order chi connectivity index (χ1) is 20.8. The smallest absolute Gasteiger partial charge is 0.306 e. The summed E-state index contributed by atoms with van der Waals surface area (Å²) < 4.78 is 12.9. The van der Waals surface area contributed by atoms with Gasteiger partial charge in [-0.3, -0.25) is 19.4 Å². The maximum absolute atomic E-state index is 13.0. The van der Waals surface area contributed by atoms with Crippen molar-refractivity contribution in [2.24, 2.45) is 34.5 Å². The quantitative estimate of drug-likeness (QED) is 0.272. The van der Waals surface area contributed by atoms with E-state index in [1.807, 2.05) is 0 Å². The summed E-state index contributed by atoms with van der Waals surface area (Å²) in [6.45, 7) is 14.0. The maximum Gasteiger partial charge on any atom is 0.306 e. The molecule has 5 unspecified atom stereocenters. The molecule has 2 heterocycles. The van der Waals surface area contributed by atoms with Crippen LogP contribution in [-0.4, -0.2) is 72.2 Å². The predicted molar refractivity (Wildman–Crippen MR) is 170 cm³/mol. The third kappa shape index (κ3) is 6.07. The second-order valence-corrected chi connectivity index (χ2v) is 16.1. The van der Waals surface area contributed by atoms with Gasteiger partial charge in [0.05, 0.1) is 0 Å². The van der Waals surface area contributed by atoms with Gasteiger partial charge in [0.2, 0.25) is 0 Å². The first-order valence-corrected chi connectivity index (χ1v) is 18.7. The minimum atomic E-state index is 0.0126. The van der Waals surface area contributed by atoms with Crippen LogP contribution in [0.1, 0.15) is 137 Å². The molecule has 6 nitrogen and oxygen atoms in total. The van der Waals surface area contributed by atoms with Crippen LogP contribution in [0.5, 0.6) is 0 Å². The average molecular weight is 599 g/mol. The van der Waals surface area contributed by atoms with Gasteiger partial charge in [-0.2, -0.15) is 0 Å². The van der Waals surface area contributed by atoms with Crippen LogP contribution < -0.4 is 0 Å². The summed E-state index contributed by atoms with van der Waals surface area (Å²) in [6, 6.07) is 0.747. The van der Waals surface area contributed by atoms with Crippen LogP contribution in [0.3, 0.4) is 0 Å². The molecule has 4 saturated carbocycles. The second kappa shape index (κ2) is 13.3. The van der Waals surface area contributed by atoms with Crippen molar-refractivity contribution in [2.75, 3.05) is 26.2 Å². The summed E-state index contributed by atoms with van der Waals surface area (Å²) in [6.07, 6.45) is 19.1. The Balaban J connectivity index is 1.26. The van der Waals surface area contributed by atoms with Crippen LogP contribution in [0.2, 0.25) is 0 Å². The normalized spacial score (nSPS) is 43.7. The van der Waals surface area contributed by atoms with E-state index < -0.39 is 0 Å². The highest BCUT2D eigenvalue weighted by atomic mass is 16.5. The van der Waals surface area contributed by atoms with E-state index in [0.29, 0.717) is 42.7 Å². The largest absolute Gasteiger partial charge is 0.461 e. The third-order valence-corrected chi connectivity index (χ3v) is 13.8. The molecule has 6 fully saturated rings. The van der Waals surface area contributed by atoms with Crippen LogP contribution >= 0.6 is 0 Å². The molecule has 0 N–H and O–H groups in total. The number of nitrogens with zero attached hydrogens (tertiary/aromatic N) is 2. The molecule has 2 saturated heterocycles. The van der Waals surface area contributed by atoms with Crippen LogP contribution in [0.15, 0.2) is 0 Å². The Morgan fingerprint density at radius 1 is 0.698 bits per heavy atom. The number of ether oxygens (including phenoxy) is 2. The zero-order valence-electron chi connectivity index (χ0n) is 28.0. The van der Waals surface area contributed by atoms with Gasteiger partial charge in [-0.1, -0.05) is 40.5 Å². The van der Waals surface area contributed by atoms with Gasteiger partial charge in [-0.05, 0) is 139 Å². The van der Waals surface area contributed by atoms with Crippen molar-refractivity contribution in [3.8, 4) is 0 Å². The zero-order chi connectivity index (χ0) is 30.2. The van der Waals surface area contributed by atoms with Crippen LogP contribution in [-0.2, 0) is 19.1 Å². The van der Waals surface area contributed by atoms with Crippen molar-refractivity contribution in [1.29, 1.82) is 0 Å². The lowest BCUT2D eigenvalue weighted by molar-refractivity contribution is -0.181. The minimum absolute atomic E-state index is 0.0126. The molecule has 0 aromatic carbocycles. The van der Waals surface area contributed by atoms with Crippen LogP contribution in [0, 0.1) is 34.5 Å². The number of carbonyl (C=O) groups is 2. The molecule has 43 heavy (non-hydrogen) atoms. The van der Waals surface area contributed by atoms with Crippen molar-refractivity contribution in [3.63, 3.8) is 0 Å². The van der Waals surface area contributed by atoms with Gasteiger partial charge < -0.3 is 9.47 Å². The van der Waals surface area contributed by atoms with E-state index in [-0.39, 0.29) is 35.0 Å². The molecule has 2 aliphatic heterocycles. The third-order valence-electron chi connectivity index (χ3n) is 13.8. The standard InChI is InChI=1S/C37H62N2O4/c1-5-13-33(40)42-32-23-26-15-16-27-28(37(26,4)25-31(32)39-21-11-8-12-22-39)17-18-36(3)29(27)24-30(38-19-9-7-10-20-38)35(36)43-34(41)14-6-2/h26-32,35H,5-25H2,1-4H3/t26?,27-,28+,29+,30?,31?,32?,35?,36+,37+/m1/s1. The summed E-state index contributed by atoms with van der Waals surface area (Å²) in [5.74, 6) is 2.73. The van der Waals surface area contributed by atoms with Crippen molar-refractivity contribution in [3.05, 3.63) is 0 Å². The molecule has 10 atom stereocenters. The summed E-state index contributed by atoms with van der Waals surface area (Å²) in [7, 11) is 0. The first-order valence-electron chi connectivity index (χ1n) is 18.7. The van der Waals surface area contributed by atoms with Crippen molar-refractivity contribution in [1.82, 2.24) is 9.80 Å². The van der Waals surface area contributed by atoms with E-state index in [4.69, 9.17) is 9.47 Å². The highest BCUT2D eigenvalue weighted by molar-refractivity contribution is 5.70. The Labute approximate surface area is 262 Å². The van der Waals surface area contributed by atoms with Crippen LogP contribution in [0.4, 0.5) is 0 Å². The molecule has 0 aromatic rings. The fraction of sp³-hybridized carbons (Fsp3) is 0.946. The van der Waals surface area contributed by atoms with Crippen LogP contribution in [0.25, 0.3) is 0 Å². The predicted octanol–water partition coefficient (Wildman–Crippen LogP) is 7.38. The fourth-order valence-electron chi connectivity index (χ4n) is 11.6. The summed E-state index contributed by atoms with van der Waals surface area (Å²) in [5, 5.41) is 0. The highest BCUT2D eigenvalue weighted by Crippen LogP contribution is 2.67. The van der Waals surface area contributed by atoms with Gasteiger partial charge in [-0.15, -0.1) is 0 Å². The fourth-order valence-corrected chi connectivity index (χ4v) is 11.6. The van der Waals surface area contributed by atoms with Gasteiger partial charge in [0, 0.05) is 30.3 Å². The summed E-state index contributed by atoms with van der Waals surface area (Å²) in [4.78, 5) is 31.3. The SMILES string of the molecule is CCCC(=O)OC1CC2CC[C@@H]3[C@H](CC[C@]4(C)C(OC(=O)CCC)C(N5CCCCC5)C[C@@H]34)[C@@]2(C)CC1N1CCCCC1. The zero-order valence-corrected chi connectivity index (χ0v) is 28.0. The second-order valence-electron chi connectivity index (χ2n) is 16.1. The lowest BCUT2D eigenvalue weighted by atomic mass is 9.44. The Morgan fingerprint density at radius 3 is 1.93 bits per heavy atom. The van der Waals surface area contributed by atoms with Gasteiger partial charge >= 0.3 is 11.9 Å². The Morgan fingerprint density at radius 2 is 1.30 bits per heavy atom. The number of rotatable bonds is 8. The molecule has 4 aliphatic carbocycles. The number of piperidine rings is 2. The number of likely N-dealkylation sites (tertiary alicyclic amines) is 2. The molecular weight excluding hydrogens is 536 g/mol. The molecular formula is C37H62N2O4. The Bertz CT molecular complexity index is 976. The highest BCUT2D eigenvalue weighted by Gasteiger charge is 2.65. The molecule has 0 bridgehead atoms. The topological polar surface area (TPSA) is 59.1 Å². The Hall–Kier alpha value is -1.14. The molecule has 6 rings (SSSR count). The van der Waals surface area contributed by atoms with Crippen molar-refractivity contribution >= 4 is 11.9 Å². The monoisotopic (exact) mass is 598 g/mol. The van der Waals surface area contributed by atoms with Gasteiger partial charge in [0.15, 0.2) is 0 Å². The van der Waals surface area contributed by atoms with E-state index in [2.05, 4.69) is 37.5 Å². The van der Waals surface area contributed by atoms with Crippen molar-refractivity contribution in [2.45, 2.75) is 161 Å². The summed E-state index contributed by atoms with van der Waals surface area (Å²) in [5.41, 5.74) is 0.368. The van der Waals surface area contributed by atoms with E-state index in [0.717, 1.165) is 38.3 Å². The molecule has 244 valence electrons. The first kappa shape index (κ1) is 31.8. The van der Waals surface area contributed by atoms with E-state index >= 15 is 0 Å². The Kier molecular flexibility index (Phi) is 9.85. The molecule has 0 radical (unpaired) electrons. The minimum Gasteiger partial charge on any atom is -0.461 e. The van der Waals surface area contributed by atoms with Gasteiger partial charge in [0.1, 0.15) is 12.2 Å². The van der Waals surface area contributed by atoms with Gasteiger partial charge in [-0.25, -0.2) is 0 Å². The molecule has 6 aliphatic rings. The van der Waals surface area contributed by atoms with E-state index in [1.54, 1.807) is 0 Å². The maximum atomic E-state index is 13.0. The average Bonchev–Trinajstić information content (AvgIpc) is 3.30. The lowest BCUT2D eigenvalue weighted by Gasteiger charge is -2.62. The molecule has 0 amide bonds. The number of hydrogen-bond acceptors (Lipinski definition) is 6. The molecule has 6 heteroatoms. The number of fused-ring (bicyclic) bond motifs is 5. The van der Waals surface area contributed by atoms with E-state index in [9.17, 15) is 9.59 Å². The van der Waals surface area contributed by atoms with Gasteiger partial charge in [0.25, 0.3) is 0 Å². The number of esters is 2. The van der Waals surface area contributed by atoms with Crippen molar-refractivity contribution < 1.29 is 19.1 Å². The molecule has 0 spiro atoms. The van der Waals surface area contributed by atoms with E-state index in [1.165, 1.54) is 90.1 Å². The molecule has 0 aromatic heterocycles. The lowest BCUT2D eigenvalue weighted by Crippen LogP contribution is -2.61. The number of hydrogen-bond donors (Lipinski definition) is 0.